The van der Waals surface area contributed by atoms with Gasteiger partial charge in [-0.05, 0) is 0 Å². The van der Waals surface area contributed by atoms with E-state index >= 15 is 0 Å². The molecule has 2 aromatic heterocycles. The first-order valence-electron chi connectivity index (χ1n) is 5.64. The molecule has 2 aromatic rings. The van der Waals surface area contributed by atoms with Crippen LogP contribution in [-0.2, 0) is 4.74 Å². The Bertz CT molecular complexity index is 519. The molecule has 1 unspecified atom stereocenters. The van der Waals surface area contributed by atoms with Gasteiger partial charge in [0.1, 0.15) is 5.75 Å². The molecule has 6 nitrogen and oxygen atoms in total. The molecule has 0 saturated carbocycles. The number of ether oxygens (including phenoxy) is 2. The number of rotatable bonds is 3. The van der Waals surface area contributed by atoms with Crippen molar-refractivity contribution in [2.24, 2.45) is 0 Å². The van der Waals surface area contributed by atoms with Gasteiger partial charge in [-0.15, -0.1) is 11.3 Å². The van der Waals surface area contributed by atoms with Gasteiger partial charge in [0, 0.05) is 18.0 Å². The van der Waals surface area contributed by atoms with E-state index in [1.165, 1.54) is 11.3 Å². The fraction of sp³-hybridized carbons (Fsp3) is 0.455. The maximum Gasteiger partial charge on any atom is 0.268 e. The first-order chi connectivity index (χ1) is 8.86. The molecule has 96 valence electrons. The minimum absolute atomic E-state index is 0.0121. The van der Waals surface area contributed by atoms with Crippen molar-refractivity contribution in [3.05, 3.63) is 17.3 Å². The fourth-order valence-corrected chi connectivity index (χ4v) is 2.52. The molecule has 1 atom stereocenters. The third-order valence-electron chi connectivity index (χ3n) is 2.70. The number of morpholine rings is 1. The lowest BCUT2D eigenvalue weighted by molar-refractivity contribution is 0.0734. The summed E-state index contributed by atoms with van der Waals surface area (Å²) in [4.78, 5) is 5.29. The predicted octanol–water partition coefficient (Wildman–Crippen LogP) is 1.47. The van der Waals surface area contributed by atoms with Crippen LogP contribution < -0.4 is 10.1 Å². The van der Waals surface area contributed by atoms with Crippen LogP contribution in [0.15, 0.2) is 16.0 Å². The molecule has 0 aliphatic carbocycles. The van der Waals surface area contributed by atoms with E-state index in [0.717, 1.165) is 23.8 Å². The monoisotopic (exact) mass is 267 g/mol. The van der Waals surface area contributed by atoms with E-state index < -0.39 is 0 Å². The van der Waals surface area contributed by atoms with E-state index in [-0.39, 0.29) is 6.04 Å². The van der Waals surface area contributed by atoms with Gasteiger partial charge in [0.2, 0.25) is 0 Å². The van der Waals surface area contributed by atoms with Crippen LogP contribution in [0.25, 0.3) is 10.8 Å². The highest BCUT2D eigenvalue weighted by molar-refractivity contribution is 7.13. The van der Waals surface area contributed by atoms with Crippen LogP contribution >= 0.6 is 11.3 Å². The third kappa shape index (κ3) is 2.24. The van der Waals surface area contributed by atoms with E-state index in [9.17, 15) is 0 Å². The number of methoxy groups -OCH3 is 1. The lowest BCUT2D eigenvalue weighted by Crippen LogP contribution is -2.35. The number of nitrogens with zero attached hydrogens (tertiary/aromatic N) is 2. The largest absolute Gasteiger partial charge is 0.496 e. The zero-order valence-corrected chi connectivity index (χ0v) is 10.7. The smallest absolute Gasteiger partial charge is 0.268 e. The Labute approximate surface area is 108 Å². The lowest BCUT2D eigenvalue weighted by atomic mass is 10.2. The minimum atomic E-state index is 0.0121. The van der Waals surface area contributed by atoms with Crippen molar-refractivity contribution in [3.63, 3.8) is 0 Å². The van der Waals surface area contributed by atoms with Crippen LogP contribution in [0.5, 0.6) is 5.75 Å². The van der Waals surface area contributed by atoms with Gasteiger partial charge in [0.15, 0.2) is 5.82 Å². The van der Waals surface area contributed by atoms with Gasteiger partial charge in [0.25, 0.3) is 5.89 Å². The topological polar surface area (TPSA) is 69.4 Å². The Balaban J connectivity index is 1.79. The molecule has 0 aromatic carbocycles. The van der Waals surface area contributed by atoms with Gasteiger partial charge in [-0.3, -0.25) is 0 Å². The molecule has 0 bridgehead atoms. The highest BCUT2D eigenvalue weighted by Gasteiger charge is 2.21. The number of aromatic nitrogens is 2. The predicted molar refractivity (Wildman–Crippen MR) is 65.7 cm³/mol. The summed E-state index contributed by atoms with van der Waals surface area (Å²) in [7, 11) is 1.63. The maximum absolute atomic E-state index is 5.37. The molecule has 18 heavy (non-hydrogen) atoms. The zero-order valence-electron chi connectivity index (χ0n) is 9.88. The van der Waals surface area contributed by atoms with Crippen LogP contribution in [0.1, 0.15) is 11.9 Å². The van der Waals surface area contributed by atoms with Crippen molar-refractivity contribution in [1.82, 2.24) is 15.5 Å². The third-order valence-corrected chi connectivity index (χ3v) is 3.59. The van der Waals surface area contributed by atoms with E-state index in [0.29, 0.717) is 18.3 Å². The van der Waals surface area contributed by atoms with Crippen LogP contribution in [0.3, 0.4) is 0 Å². The van der Waals surface area contributed by atoms with Gasteiger partial charge in [-0.1, -0.05) is 5.16 Å². The van der Waals surface area contributed by atoms with E-state index in [1.54, 1.807) is 7.11 Å². The summed E-state index contributed by atoms with van der Waals surface area (Å²) in [5, 5.41) is 9.18. The lowest BCUT2D eigenvalue weighted by Gasteiger charge is -2.20. The van der Waals surface area contributed by atoms with E-state index in [1.807, 2.05) is 11.4 Å². The second-order valence-corrected chi connectivity index (χ2v) is 4.80. The van der Waals surface area contributed by atoms with Crippen molar-refractivity contribution in [2.75, 3.05) is 26.9 Å². The van der Waals surface area contributed by atoms with Crippen molar-refractivity contribution in [3.8, 4) is 16.5 Å². The van der Waals surface area contributed by atoms with Crippen molar-refractivity contribution < 1.29 is 14.0 Å². The summed E-state index contributed by atoms with van der Waals surface area (Å²) in [5.74, 6) is 1.96. The van der Waals surface area contributed by atoms with Gasteiger partial charge in [0.05, 0.1) is 31.2 Å². The summed E-state index contributed by atoms with van der Waals surface area (Å²) < 4.78 is 15.8. The van der Waals surface area contributed by atoms with Gasteiger partial charge < -0.3 is 19.3 Å². The molecule has 7 heteroatoms. The van der Waals surface area contributed by atoms with E-state index in [2.05, 4.69) is 15.5 Å². The highest BCUT2D eigenvalue weighted by Crippen LogP contribution is 2.30. The first-order valence-corrected chi connectivity index (χ1v) is 6.52. The standard InChI is InChI=1S/C11H13N3O3S/c1-15-7-4-9(18-6-7)11-13-10(14-17-11)8-5-16-3-2-12-8/h4,6,8,12H,2-3,5H2,1H3. The molecular formula is C11H13N3O3S. The van der Waals surface area contributed by atoms with Crippen LogP contribution in [0, 0.1) is 0 Å². The number of thiophene rings is 1. The second kappa shape index (κ2) is 5.05. The Morgan fingerprint density at radius 1 is 1.56 bits per heavy atom. The molecule has 3 rings (SSSR count). The van der Waals surface area contributed by atoms with Gasteiger partial charge in [-0.2, -0.15) is 4.98 Å². The Morgan fingerprint density at radius 2 is 2.50 bits per heavy atom. The molecule has 3 heterocycles. The Morgan fingerprint density at radius 3 is 3.22 bits per heavy atom. The summed E-state index contributed by atoms with van der Waals surface area (Å²) in [6, 6.07) is 1.89. The average Bonchev–Trinajstić information content (AvgIpc) is 3.08. The number of nitrogens with one attached hydrogen (secondary N) is 1. The molecule has 1 aliphatic rings. The molecule has 1 saturated heterocycles. The Hall–Kier alpha value is -1.44. The van der Waals surface area contributed by atoms with E-state index in [4.69, 9.17) is 14.0 Å². The van der Waals surface area contributed by atoms with Crippen LogP contribution in [-0.4, -0.2) is 37.0 Å². The Kier molecular flexibility index (Phi) is 3.26. The minimum Gasteiger partial charge on any atom is -0.496 e. The summed E-state index contributed by atoms with van der Waals surface area (Å²) in [5.41, 5.74) is 0. The van der Waals surface area contributed by atoms with Gasteiger partial charge >= 0.3 is 0 Å². The molecule has 0 spiro atoms. The molecule has 1 N–H and O–H groups in total. The first kappa shape index (κ1) is 11.6. The molecule has 1 fully saturated rings. The number of hydrogen-bond donors (Lipinski definition) is 1. The van der Waals surface area contributed by atoms with Gasteiger partial charge in [-0.25, -0.2) is 0 Å². The van der Waals surface area contributed by atoms with Crippen molar-refractivity contribution in [1.29, 1.82) is 0 Å². The summed E-state index contributed by atoms with van der Waals surface area (Å²) in [6.45, 7) is 2.11. The zero-order chi connectivity index (χ0) is 12.4. The SMILES string of the molecule is COc1csc(-c2nc(C3COCCN3)no2)c1. The fourth-order valence-electron chi connectivity index (χ4n) is 1.75. The summed E-state index contributed by atoms with van der Waals surface area (Å²) >= 11 is 1.51. The quantitative estimate of drug-likeness (QED) is 0.908. The molecule has 0 radical (unpaired) electrons. The highest BCUT2D eigenvalue weighted by atomic mass is 32.1. The summed E-state index contributed by atoms with van der Waals surface area (Å²) in [6.07, 6.45) is 0. The normalized spacial score (nSPS) is 19.9. The van der Waals surface area contributed by atoms with Crippen LogP contribution in [0.2, 0.25) is 0 Å². The molecule has 1 aliphatic heterocycles. The number of hydrogen-bond acceptors (Lipinski definition) is 7. The molecular weight excluding hydrogens is 254 g/mol. The average molecular weight is 267 g/mol. The second-order valence-electron chi connectivity index (χ2n) is 3.89. The van der Waals surface area contributed by atoms with Crippen molar-refractivity contribution >= 4 is 11.3 Å². The molecule has 0 amide bonds. The maximum atomic E-state index is 5.37. The van der Waals surface area contributed by atoms with Crippen LogP contribution in [0.4, 0.5) is 0 Å². The van der Waals surface area contributed by atoms with Crippen molar-refractivity contribution in [2.45, 2.75) is 6.04 Å².